The van der Waals surface area contributed by atoms with E-state index in [0.29, 0.717) is 32.7 Å². The molecule has 0 atom stereocenters. The molecule has 0 rings (SSSR count). The lowest BCUT2D eigenvalue weighted by Gasteiger charge is -2.29. The summed E-state index contributed by atoms with van der Waals surface area (Å²) in [6.07, 6.45) is 2.11. The topological polar surface area (TPSA) is 118 Å². The molecule has 0 spiro atoms. The quantitative estimate of drug-likeness (QED) is 0.131. The van der Waals surface area contributed by atoms with Crippen molar-refractivity contribution in [2.24, 2.45) is 0 Å². The molecular weight excluding hydrogens is 496 g/mol. The molecule has 12 heteroatoms. The van der Waals surface area contributed by atoms with Crippen LogP contribution in [0.25, 0.3) is 0 Å². The fourth-order valence-corrected chi connectivity index (χ4v) is 3.75. The van der Waals surface area contributed by atoms with Crippen molar-refractivity contribution in [2.75, 3.05) is 107 Å². The first-order valence-electron chi connectivity index (χ1n) is 13.3. The summed E-state index contributed by atoms with van der Waals surface area (Å²) >= 11 is 0. The minimum Gasteiger partial charge on any atom is -0.469 e. The Morgan fingerprint density at radius 2 is 0.711 bits per heavy atom. The van der Waals surface area contributed by atoms with E-state index in [9.17, 15) is 19.2 Å². The van der Waals surface area contributed by atoms with Crippen LogP contribution in [-0.2, 0) is 38.1 Å². The molecule has 0 aromatic heterocycles. The highest BCUT2D eigenvalue weighted by molar-refractivity contribution is 5.70. The van der Waals surface area contributed by atoms with Crippen molar-refractivity contribution in [2.45, 2.75) is 39.0 Å². The lowest BCUT2D eigenvalue weighted by molar-refractivity contribution is -0.142. The Bertz CT molecular complexity index is 640. The summed E-state index contributed by atoms with van der Waals surface area (Å²) in [5.74, 6) is -1.09. The van der Waals surface area contributed by atoms with Crippen molar-refractivity contribution in [1.29, 1.82) is 0 Å². The monoisotopic (exact) mass is 546 g/mol. The summed E-state index contributed by atoms with van der Waals surface area (Å²) in [7, 11) is 7.54. The molecule has 0 aromatic rings. The molecular formula is C26H50N4O8. The number of ether oxygens (including phenoxy) is 4. The molecule has 0 radical (unpaired) electrons. The normalized spacial score (nSPS) is 11.3. The second kappa shape index (κ2) is 22.7. The number of carbonyl (C=O) groups excluding carboxylic acids is 4. The van der Waals surface area contributed by atoms with Crippen LogP contribution in [0.1, 0.15) is 39.0 Å². The predicted molar refractivity (Wildman–Crippen MR) is 144 cm³/mol. The maximum absolute atomic E-state index is 11.6. The zero-order valence-corrected chi connectivity index (χ0v) is 24.4. The lowest BCUT2D eigenvalue weighted by Crippen LogP contribution is -2.42. The van der Waals surface area contributed by atoms with Crippen LogP contribution in [0, 0.1) is 0 Å². The van der Waals surface area contributed by atoms with Crippen LogP contribution in [0.4, 0.5) is 0 Å². The van der Waals surface area contributed by atoms with E-state index >= 15 is 0 Å². The molecule has 0 aliphatic carbocycles. The van der Waals surface area contributed by atoms with Crippen LogP contribution in [0.5, 0.6) is 0 Å². The van der Waals surface area contributed by atoms with Gasteiger partial charge in [-0.2, -0.15) is 0 Å². The average Bonchev–Trinajstić information content (AvgIpc) is 2.93. The Morgan fingerprint density at radius 3 is 0.974 bits per heavy atom. The second-order valence-electron chi connectivity index (χ2n) is 9.13. The molecule has 12 nitrogen and oxygen atoms in total. The van der Waals surface area contributed by atoms with E-state index in [-0.39, 0.29) is 49.6 Å². The zero-order chi connectivity index (χ0) is 28.8. The van der Waals surface area contributed by atoms with E-state index < -0.39 is 0 Å². The Kier molecular flexibility index (Phi) is 21.3. The molecule has 0 N–H and O–H groups in total. The molecule has 0 unspecified atom stereocenters. The number of nitrogens with zero attached hydrogens (tertiary/aromatic N) is 4. The van der Waals surface area contributed by atoms with E-state index in [1.807, 2.05) is 0 Å². The molecule has 0 saturated heterocycles. The van der Waals surface area contributed by atoms with E-state index in [4.69, 9.17) is 18.9 Å². The summed E-state index contributed by atoms with van der Waals surface area (Å²) < 4.78 is 19.0. The fourth-order valence-electron chi connectivity index (χ4n) is 3.75. The molecule has 0 amide bonds. The summed E-state index contributed by atoms with van der Waals surface area (Å²) in [4.78, 5) is 55.2. The van der Waals surface area contributed by atoms with E-state index in [2.05, 4.69) is 33.6 Å². The number of esters is 4. The van der Waals surface area contributed by atoms with Gasteiger partial charge in [0.05, 0.1) is 54.1 Å². The van der Waals surface area contributed by atoms with Gasteiger partial charge in [-0.15, -0.1) is 0 Å². The van der Waals surface area contributed by atoms with E-state index in [1.165, 1.54) is 28.4 Å². The van der Waals surface area contributed by atoms with Crippen LogP contribution in [-0.4, -0.2) is 151 Å². The first-order chi connectivity index (χ1) is 18.2. The number of hydrogen-bond acceptors (Lipinski definition) is 12. The van der Waals surface area contributed by atoms with Crippen molar-refractivity contribution in [3.05, 3.63) is 0 Å². The SMILES string of the molecule is CCCN(CCN(C)CCN(CCC(=O)OC)CCC(=O)OC)CCN(CCC(=O)OC)CCC(=O)OC. The maximum atomic E-state index is 11.6. The number of carbonyl (C=O) groups is 4. The van der Waals surface area contributed by atoms with Gasteiger partial charge in [-0.1, -0.05) is 6.92 Å². The summed E-state index contributed by atoms with van der Waals surface area (Å²) in [5.41, 5.74) is 0. The zero-order valence-electron chi connectivity index (χ0n) is 24.4. The number of likely N-dealkylation sites (N-methyl/N-ethyl adjacent to an activating group) is 1. The van der Waals surface area contributed by atoms with Crippen LogP contribution in [0.2, 0.25) is 0 Å². The largest absolute Gasteiger partial charge is 0.469 e. The third kappa shape index (κ3) is 18.9. The van der Waals surface area contributed by atoms with Crippen LogP contribution in [0.15, 0.2) is 0 Å². The van der Waals surface area contributed by atoms with E-state index in [0.717, 1.165) is 45.7 Å². The smallest absolute Gasteiger partial charge is 0.306 e. The minimum atomic E-state index is -0.274. The van der Waals surface area contributed by atoms with Crippen LogP contribution in [0.3, 0.4) is 0 Å². The molecule has 0 aromatic carbocycles. The maximum Gasteiger partial charge on any atom is 0.306 e. The van der Waals surface area contributed by atoms with Gasteiger partial charge in [0.1, 0.15) is 0 Å². The van der Waals surface area contributed by atoms with Gasteiger partial charge < -0.3 is 38.5 Å². The van der Waals surface area contributed by atoms with Gasteiger partial charge in [-0.05, 0) is 20.0 Å². The minimum absolute atomic E-state index is 0.271. The van der Waals surface area contributed by atoms with Gasteiger partial charge in [0.2, 0.25) is 0 Å². The Hall–Kier alpha value is -2.28. The number of rotatable bonds is 23. The van der Waals surface area contributed by atoms with Gasteiger partial charge in [0.15, 0.2) is 0 Å². The highest BCUT2D eigenvalue weighted by Crippen LogP contribution is 2.02. The summed E-state index contributed by atoms with van der Waals surface area (Å²) in [5, 5.41) is 0. The summed E-state index contributed by atoms with van der Waals surface area (Å²) in [6, 6.07) is 0. The number of methoxy groups -OCH3 is 4. The van der Waals surface area contributed by atoms with Gasteiger partial charge in [-0.3, -0.25) is 19.2 Å². The van der Waals surface area contributed by atoms with Crippen molar-refractivity contribution in [1.82, 2.24) is 19.6 Å². The summed E-state index contributed by atoms with van der Waals surface area (Å²) in [6.45, 7) is 9.94. The third-order valence-electron chi connectivity index (χ3n) is 6.31. The van der Waals surface area contributed by atoms with Crippen LogP contribution < -0.4 is 0 Å². The van der Waals surface area contributed by atoms with Crippen molar-refractivity contribution in [3.8, 4) is 0 Å². The Labute approximate surface area is 228 Å². The molecule has 0 heterocycles. The average molecular weight is 547 g/mol. The molecule has 0 fully saturated rings. The van der Waals surface area contributed by atoms with Crippen LogP contribution >= 0.6 is 0 Å². The van der Waals surface area contributed by atoms with Gasteiger partial charge in [0.25, 0.3) is 0 Å². The molecule has 0 aliphatic heterocycles. The Balaban J connectivity index is 4.78. The third-order valence-corrected chi connectivity index (χ3v) is 6.31. The van der Waals surface area contributed by atoms with Crippen molar-refractivity contribution >= 4 is 23.9 Å². The molecule has 38 heavy (non-hydrogen) atoms. The highest BCUT2D eigenvalue weighted by atomic mass is 16.5. The van der Waals surface area contributed by atoms with Crippen molar-refractivity contribution in [3.63, 3.8) is 0 Å². The Morgan fingerprint density at radius 1 is 0.447 bits per heavy atom. The highest BCUT2D eigenvalue weighted by Gasteiger charge is 2.15. The fraction of sp³-hybridized carbons (Fsp3) is 0.846. The van der Waals surface area contributed by atoms with Gasteiger partial charge in [-0.25, -0.2) is 0 Å². The molecule has 0 bridgehead atoms. The molecule has 0 saturated carbocycles. The lowest BCUT2D eigenvalue weighted by atomic mass is 10.3. The first kappa shape index (κ1) is 35.7. The first-order valence-corrected chi connectivity index (χ1v) is 13.3. The van der Waals surface area contributed by atoms with Gasteiger partial charge in [0, 0.05) is 65.4 Å². The predicted octanol–water partition coefficient (Wildman–Crippen LogP) is 0.487. The number of hydrogen-bond donors (Lipinski definition) is 0. The second-order valence-corrected chi connectivity index (χ2v) is 9.13. The molecule has 0 aliphatic rings. The van der Waals surface area contributed by atoms with E-state index in [1.54, 1.807) is 0 Å². The standard InChI is InChI=1S/C26H50N4O8/c1-7-12-28(21-22-30(15-10-25(33)37-5)16-11-26(34)38-6)19-17-27(2)18-20-29(13-8-23(31)35-3)14-9-24(32)36-4/h7-22H2,1-6H3. The molecule has 222 valence electrons. The van der Waals surface area contributed by atoms with Gasteiger partial charge >= 0.3 is 23.9 Å². The van der Waals surface area contributed by atoms with Crippen molar-refractivity contribution < 1.29 is 38.1 Å².